The molecule has 0 aliphatic rings. The van der Waals surface area contributed by atoms with E-state index in [2.05, 4.69) is 15.2 Å². The standard InChI is InChI=1S/C17H22F2N4O2/c1-11-16(12(2)23(4)21-11)20-15(24)10-22(3)9-13-5-7-14(8-6-13)25-17(18)19/h5-8,17H,9-10H2,1-4H3,(H,20,24). The van der Waals surface area contributed by atoms with Crippen LogP contribution < -0.4 is 10.1 Å². The van der Waals surface area contributed by atoms with Crippen molar-refractivity contribution in [2.75, 3.05) is 18.9 Å². The van der Waals surface area contributed by atoms with E-state index in [1.165, 1.54) is 12.1 Å². The summed E-state index contributed by atoms with van der Waals surface area (Å²) in [7, 11) is 3.64. The maximum Gasteiger partial charge on any atom is 0.387 e. The van der Waals surface area contributed by atoms with Crippen LogP contribution in [0.2, 0.25) is 0 Å². The highest BCUT2D eigenvalue weighted by molar-refractivity contribution is 5.93. The molecule has 0 saturated carbocycles. The van der Waals surface area contributed by atoms with E-state index in [0.717, 1.165) is 22.6 Å². The normalized spacial score (nSPS) is 11.2. The molecule has 0 saturated heterocycles. The number of aromatic nitrogens is 2. The van der Waals surface area contributed by atoms with E-state index in [-0.39, 0.29) is 18.2 Å². The number of nitrogens with one attached hydrogen (secondary N) is 1. The number of alkyl halides is 2. The summed E-state index contributed by atoms with van der Waals surface area (Å²) in [5.74, 6) is -0.0268. The second kappa shape index (κ2) is 8.06. The molecule has 8 heteroatoms. The molecule has 0 unspecified atom stereocenters. The van der Waals surface area contributed by atoms with E-state index >= 15 is 0 Å². The molecule has 2 rings (SSSR count). The van der Waals surface area contributed by atoms with Crippen LogP contribution in [0.5, 0.6) is 5.75 Å². The number of likely N-dealkylation sites (N-methyl/N-ethyl adjacent to an activating group) is 1. The number of carbonyl (C=O) groups is 1. The molecule has 25 heavy (non-hydrogen) atoms. The fourth-order valence-corrected chi connectivity index (χ4v) is 2.52. The summed E-state index contributed by atoms with van der Waals surface area (Å²) in [4.78, 5) is 14.0. The Labute approximate surface area is 145 Å². The van der Waals surface area contributed by atoms with Gasteiger partial charge in [0.2, 0.25) is 5.91 Å². The summed E-state index contributed by atoms with van der Waals surface area (Å²) in [6, 6.07) is 6.36. The number of nitrogens with zero attached hydrogens (tertiary/aromatic N) is 3. The summed E-state index contributed by atoms with van der Waals surface area (Å²) in [5, 5.41) is 7.14. The molecule has 0 aliphatic heterocycles. The van der Waals surface area contributed by atoms with Gasteiger partial charge in [-0.15, -0.1) is 0 Å². The van der Waals surface area contributed by atoms with Crippen LogP contribution in [0.15, 0.2) is 24.3 Å². The van der Waals surface area contributed by atoms with E-state index in [0.29, 0.717) is 6.54 Å². The third kappa shape index (κ3) is 5.25. The quantitative estimate of drug-likeness (QED) is 0.832. The Morgan fingerprint density at radius 2 is 1.96 bits per heavy atom. The van der Waals surface area contributed by atoms with Gasteiger partial charge in [-0.3, -0.25) is 14.4 Å². The Morgan fingerprint density at radius 1 is 1.32 bits per heavy atom. The lowest BCUT2D eigenvalue weighted by Gasteiger charge is -2.17. The minimum atomic E-state index is -2.84. The summed E-state index contributed by atoms with van der Waals surface area (Å²) >= 11 is 0. The fraction of sp³-hybridized carbons (Fsp3) is 0.412. The predicted molar refractivity (Wildman–Crippen MR) is 90.7 cm³/mol. The van der Waals surface area contributed by atoms with Crippen LogP contribution in [0.4, 0.5) is 14.5 Å². The zero-order valence-corrected chi connectivity index (χ0v) is 14.7. The third-order valence-corrected chi connectivity index (χ3v) is 3.79. The van der Waals surface area contributed by atoms with Crippen LogP contribution in [0, 0.1) is 13.8 Å². The first-order chi connectivity index (χ1) is 11.8. The molecule has 0 spiro atoms. The molecule has 0 atom stereocenters. The van der Waals surface area contributed by atoms with Gasteiger partial charge in [-0.25, -0.2) is 0 Å². The molecule has 1 aromatic heterocycles. The van der Waals surface area contributed by atoms with Gasteiger partial charge < -0.3 is 10.1 Å². The summed E-state index contributed by atoms with van der Waals surface area (Å²) in [5.41, 5.74) is 3.29. The maximum absolute atomic E-state index is 12.2. The van der Waals surface area contributed by atoms with Crippen molar-refractivity contribution in [2.45, 2.75) is 27.0 Å². The Hall–Kier alpha value is -2.48. The van der Waals surface area contributed by atoms with Crippen LogP contribution in [-0.4, -0.2) is 40.8 Å². The van der Waals surface area contributed by atoms with Gasteiger partial charge in [-0.2, -0.15) is 13.9 Å². The van der Waals surface area contributed by atoms with Crippen LogP contribution in [-0.2, 0) is 18.4 Å². The van der Waals surface area contributed by atoms with Crippen molar-refractivity contribution < 1.29 is 18.3 Å². The minimum Gasteiger partial charge on any atom is -0.435 e. The van der Waals surface area contributed by atoms with Crippen LogP contribution in [0.1, 0.15) is 17.0 Å². The molecule has 0 fully saturated rings. The Kier molecular flexibility index (Phi) is 6.08. The molecule has 0 aliphatic carbocycles. The van der Waals surface area contributed by atoms with Gasteiger partial charge in [-0.05, 0) is 38.6 Å². The fourth-order valence-electron chi connectivity index (χ4n) is 2.52. The zero-order valence-electron chi connectivity index (χ0n) is 14.7. The summed E-state index contributed by atoms with van der Waals surface area (Å²) in [6.07, 6.45) is 0. The van der Waals surface area contributed by atoms with Crippen molar-refractivity contribution in [1.29, 1.82) is 0 Å². The molecular formula is C17H22F2N4O2. The highest BCUT2D eigenvalue weighted by atomic mass is 19.3. The van der Waals surface area contributed by atoms with Crippen molar-refractivity contribution in [3.63, 3.8) is 0 Å². The number of hydrogen-bond donors (Lipinski definition) is 1. The Bertz CT molecular complexity index is 729. The number of ether oxygens (including phenoxy) is 1. The number of halogens is 2. The first-order valence-electron chi connectivity index (χ1n) is 7.78. The van der Waals surface area contributed by atoms with Gasteiger partial charge in [0.05, 0.1) is 23.6 Å². The summed E-state index contributed by atoms with van der Waals surface area (Å²) < 4.78 is 30.3. The SMILES string of the molecule is Cc1nn(C)c(C)c1NC(=O)CN(C)Cc1ccc(OC(F)F)cc1. The van der Waals surface area contributed by atoms with Gasteiger partial charge in [0, 0.05) is 13.6 Å². The van der Waals surface area contributed by atoms with Crippen molar-refractivity contribution in [2.24, 2.45) is 7.05 Å². The number of benzene rings is 1. The molecule has 1 amide bonds. The number of hydrogen-bond acceptors (Lipinski definition) is 4. The number of carbonyl (C=O) groups excluding carboxylic acids is 1. The van der Waals surface area contributed by atoms with Gasteiger partial charge in [0.25, 0.3) is 0 Å². The third-order valence-electron chi connectivity index (χ3n) is 3.79. The Morgan fingerprint density at radius 3 is 2.48 bits per heavy atom. The molecule has 136 valence electrons. The molecular weight excluding hydrogens is 330 g/mol. The lowest BCUT2D eigenvalue weighted by atomic mass is 10.2. The van der Waals surface area contributed by atoms with E-state index in [9.17, 15) is 13.6 Å². The van der Waals surface area contributed by atoms with Crippen molar-refractivity contribution >= 4 is 11.6 Å². The van der Waals surface area contributed by atoms with Crippen LogP contribution in [0.3, 0.4) is 0 Å². The Balaban J connectivity index is 1.89. The topological polar surface area (TPSA) is 59.4 Å². The van der Waals surface area contributed by atoms with Crippen molar-refractivity contribution in [3.8, 4) is 5.75 Å². The molecule has 2 aromatic rings. The maximum atomic E-state index is 12.2. The minimum absolute atomic E-state index is 0.113. The monoisotopic (exact) mass is 352 g/mol. The average molecular weight is 352 g/mol. The van der Waals surface area contributed by atoms with Crippen LogP contribution in [0.25, 0.3) is 0 Å². The lowest BCUT2D eigenvalue weighted by molar-refractivity contribution is -0.117. The van der Waals surface area contributed by atoms with Crippen molar-refractivity contribution in [1.82, 2.24) is 14.7 Å². The number of amides is 1. The van der Waals surface area contributed by atoms with Gasteiger partial charge in [-0.1, -0.05) is 12.1 Å². The smallest absolute Gasteiger partial charge is 0.387 e. The molecule has 1 aromatic carbocycles. The number of anilines is 1. The second-order valence-corrected chi connectivity index (χ2v) is 5.91. The van der Waals surface area contributed by atoms with E-state index in [1.807, 2.05) is 32.8 Å². The molecule has 1 heterocycles. The lowest BCUT2D eigenvalue weighted by Crippen LogP contribution is -2.30. The van der Waals surface area contributed by atoms with Crippen molar-refractivity contribution in [3.05, 3.63) is 41.2 Å². The second-order valence-electron chi connectivity index (χ2n) is 5.91. The summed E-state index contributed by atoms with van der Waals surface area (Å²) in [6.45, 7) is 1.60. The number of aryl methyl sites for hydroxylation is 2. The zero-order chi connectivity index (χ0) is 18.6. The van der Waals surface area contributed by atoms with E-state index < -0.39 is 6.61 Å². The highest BCUT2D eigenvalue weighted by Gasteiger charge is 2.14. The predicted octanol–water partition coefficient (Wildman–Crippen LogP) is 2.71. The molecule has 1 N–H and O–H groups in total. The number of rotatable bonds is 7. The van der Waals surface area contributed by atoms with Gasteiger partial charge >= 0.3 is 6.61 Å². The largest absolute Gasteiger partial charge is 0.435 e. The van der Waals surface area contributed by atoms with Crippen LogP contribution >= 0.6 is 0 Å². The van der Waals surface area contributed by atoms with E-state index in [1.54, 1.807) is 16.8 Å². The average Bonchev–Trinajstić information content (AvgIpc) is 2.75. The van der Waals surface area contributed by atoms with E-state index in [4.69, 9.17) is 0 Å². The molecule has 0 bridgehead atoms. The molecule has 6 nitrogen and oxygen atoms in total. The first kappa shape index (κ1) is 18.9. The van der Waals surface area contributed by atoms with Gasteiger partial charge in [0.15, 0.2) is 0 Å². The first-order valence-corrected chi connectivity index (χ1v) is 7.78. The van der Waals surface area contributed by atoms with Gasteiger partial charge in [0.1, 0.15) is 5.75 Å². The molecule has 0 radical (unpaired) electrons. The highest BCUT2D eigenvalue weighted by Crippen LogP contribution is 2.18.